The minimum atomic E-state index is -0.199. The predicted molar refractivity (Wildman–Crippen MR) is 97.4 cm³/mol. The maximum absolute atomic E-state index is 12.4. The van der Waals surface area contributed by atoms with Gasteiger partial charge in [-0.2, -0.15) is 0 Å². The molecule has 0 spiro atoms. The number of anilines is 1. The Labute approximate surface area is 147 Å². The summed E-state index contributed by atoms with van der Waals surface area (Å²) in [5.41, 5.74) is 1.31. The number of carbonyl (C=O) groups excluding carboxylic acids is 1. The topological polar surface area (TPSA) is 63.6 Å². The second-order valence-corrected chi connectivity index (χ2v) is 6.32. The number of aromatic nitrogens is 1. The molecule has 1 N–H and O–H groups in total. The molecule has 25 heavy (non-hydrogen) atoms. The van der Waals surface area contributed by atoms with Crippen molar-refractivity contribution in [3.63, 3.8) is 0 Å². The zero-order valence-electron chi connectivity index (χ0n) is 14.6. The summed E-state index contributed by atoms with van der Waals surface area (Å²) >= 11 is 0. The monoisotopic (exact) mass is 341 g/mol. The number of rotatable bonds is 4. The van der Waals surface area contributed by atoms with Crippen molar-refractivity contribution in [3.05, 3.63) is 58.5 Å². The molecule has 0 aliphatic carbocycles. The van der Waals surface area contributed by atoms with Crippen LogP contribution in [0.4, 0.5) is 5.69 Å². The molecule has 1 atom stereocenters. The molecule has 2 heterocycles. The maximum atomic E-state index is 12.4. The van der Waals surface area contributed by atoms with Crippen molar-refractivity contribution in [1.82, 2.24) is 9.88 Å². The number of carbonyl (C=O) groups is 1. The largest absolute Gasteiger partial charge is 0.497 e. The molecule has 6 nitrogen and oxygen atoms in total. The lowest BCUT2D eigenvalue weighted by molar-refractivity contribution is 0.0933. The van der Waals surface area contributed by atoms with Crippen LogP contribution in [0.1, 0.15) is 23.2 Å². The number of benzene rings is 1. The van der Waals surface area contributed by atoms with E-state index in [1.54, 1.807) is 26.4 Å². The molecule has 1 aliphatic heterocycles. The van der Waals surface area contributed by atoms with E-state index in [2.05, 4.69) is 10.2 Å². The van der Waals surface area contributed by atoms with Crippen molar-refractivity contribution in [3.8, 4) is 5.75 Å². The predicted octanol–water partition coefficient (Wildman–Crippen LogP) is 1.79. The Morgan fingerprint density at radius 3 is 2.88 bits per heavy atom. The lowest BCUT2D eigenvalue weighted by Gasteiger charge is -2.35. The van der Waals surface area contributed by atoms with Crippen molar-refractivity contribution in [2.24, 2.45) is 7.05 Å². The normalized spacial score (nSPS) is 17.2. The quantitative estimate of drug-likeness (QED) is 0.921. The summed E-state index contributed by atoms with van der Waals surface area (Å²) in [6.07, 6.45) is 3.54. The van der Waals surface area contributed by atoms with Crippen LogP contribution in [0.2, 0.25) is 0 Å². The smallest absolute Gasteiger partial charge is 0.251 e. The van der Waals surface area contributed by atoms with E-state index in [1.165, 1.54) is 10.6 Å². The molecule has 132 valence electrons. The highest BCUT2D eigenvalue weighted by atomic mass is 16.5. The van der Waals surface area contributed by atoms with Crippen LogP contribution >= 0.6 is 0 Å². The fourth-order valence-corrected chi connectivity index (χ4v) is 3.10. The molecule has 3 rings (SSSR count). The van der Waals surface area contributed by atoms with Crippen LogP contribution in [-0.2, 0) is 7.05 Å². The van der Waals surface area contributed by atoms with Gasteiger partial charge in [0.25, 0.3) is 11.5 Å². The summed E-state index contributed by atoms with van der Waals surface area (Å²) in [5, 5.41) is 3.05. The molecule has 1 aromatic carbocycles. The Kier molecular flexibility index (Phi) is 5.07. The fraction of sp³-hybridized carbons (Fsp3) is 0.368. The molecule has 6 heteroatoms. The number of methoxy groups -OCH3 is 1. The third kappa shape index (κ3) is 4.02. The fourth-order valence-electron chi connectivity index (χ4n) is 3.10. The van der Waals surface area contributed by atoms with E-state index < -0.39 is 0 Å². The molecule has 0 saturated carbocycles. The van der Waals surface area contributed by atoms with E-state index in [0.29, 0.717) is 5.56 Å². The van der Waals surface area contributed by atoms with Crippen LogP contribution in [0.3, 0.4) is 0 Å². The second-order valence-electron chi connectivity index (χ2n) is 6.32. The number of aryl methyl sites for hydroxylation is 1. The molecule has 1 unspecified atom stereocenters. The summed E-state index contributed by atoms with van der Waals surface area (Å²) in [7, 11) is 3.32. The molecule has 2 aromatic rings. The van der Waals surface area contributed by atoms with Crippen LogP contribution in [-0.4, -0.2) is 36.7 Å². The van der Waals surface area contributed by atoms with Gasteiger partial charge < -0.3 is 19.5 Å². The number of hydrogen-bond donors (Lipinski definition) is 1. The van der Waals surface area contributed by atoms with Crippen LogP contribution in [0.5, 0.6) is 5.75 Å². The van der Waals surface area contributed by atoms with Gasteiger partial charge in [-0.1, -0.05) is 6.07 Å². The van der Waals surface area contributed by atoms with E-state index in [-0.39, 0.29) is 17.5 Å². The average molecular weight is 341 g/mol. The van der Waals surface area contributed by atoms with Crippen LogP contribution in [0.15, 0.2) is 47.4 Å². The molecule has 1 amide bonds. The van der Waals surface area contributed by atoms with Crippen molar-refractivity contribution in [2.45, 2.75) is 18.9 Å². The number of nitrogens with one attached hydrogen (secondary N) is 1. The second kappa shape index (κ2) is 7.42. The van der Waals surface area contributed by atoms with Gasteiger partial charge >= 0.3 is 0 Å². The summed E-state index contributed by atoms with van der Waals surface area (Å²) in [5.74, 6) is 0.624. The molecule has 1 aromatic heterocycles. The first-order valence-corrected chi connectivity index (χ1v) is 8.43. The van der Waals surface area contributed by atoms with Crippen LogP contribution in [0, 0.1) is 0 Å². The summed E-state index contributed by atoms with van der Waals surface area (Å²) < 4.78 is 6.73. The minimum absolute atomic E-state index is 0.0523. The van der Waals surface area contributed by atoms with Gasteiger partial charge in [0.2, 0.25) is 0 Å². The van der Waals surface area contributed by atoms with Gasteiger partial charge in [0.05, 0.1) is 7.11 Å². The third-order valence-electron chi connectivity index (χ3n) is 4.54. The Morgan fingerprint density at radius 1 is 1.28 bits per heavy atom. The Morgan fingerprint density at radius 2 is 2.12 bits per heavy atom. The van der Waals surface area contributed by atoms with Gasteiger partial charge in [-0.05, 0) is 31.0 Å². The van der Waals surface area contributed by atoms with Gasteiger partial charge in [-0.3, -0.25) is 9.59 Å². The minimum Gasteiger partial charge on any atom is -0.497 e. The van der Waals surface area contributed by atoms with E-state index >= 15 is 0 Å². The van der Waals surface area contributed by atoms with Crippen molar-refractivity contribution in [2.75, 3.05) is 25.1 Å². The SMILES string of the molecule is COc1cccc(N2CCCC(NC(=O)c3ccn(C)c(=O)c3)C2)c1. The van der Waals surface area contributed by atoms with Crippen LogP contribution < -0.4 is 20.5 Å². The zero-order valence-corrected chi connectivity index (χ0v) is 14.6. The van der Waals surface area contributed by atoms with E-state index in [0.717, 1.165) is 37.4 Å². The number of ether oxygens (including phenoxy) is 1. The number of piperidine rings is 1. The van der Waals surface area contributed by atoms with Gasteiger partial charge in [-0.25, -0.2) is 0 Å². The number of hydrogen-bond acceptors (Lipinski definition) is 4. The highest BCUT2D eigenvalue weighted by Gasteiger charge is 2.22. The highest BCUT2D eigenvalue weighted by molar-refractivity contribution is 5.94. The summed E-state index contributed by atoms with van der Waals surface area (Å²) in [6, 6.07) is 11.0. The van der Waals surface area contributed by atoms with Gasteiger partial charge in [0.1, 0.15) is 5.75 Å². The number of pyridine rings is 1. The Balaban J connectivity index is 1.67. The first kappa shape index (κ1) is 17.1. The first-order chi connectivity index (χ1) is 12.1. The lowest BCUT2D eigenvalue weighted by atomic mass is 10.0. The molecular formula is C19H23N3O3. The Hall–Kier alpha value is -2.76. The zero-order chi connectivity index (χ0) is 17.8. The van der Waals surface area contributed by atoms with Gasteiger partial charge in [-0.15, -0.1) is 0 Å². The molecule has 1 saturated heterocycles. The van der Waals surface area contributed by atoms with E-state index in [1.807, 2.05) is 24.3 Å². The van der Waals surface area contributed by atoms with Crippen LogP contribution in [0.25, 0.3) is 0 Å². The highest BCUT2D eigenvalue weighted by Crippen LogP contribution is 2.24. The van der Waals surface area contributed by atoms with Gasteiger partial charge in [0.15, 0.2) is 0 Å². The standard InChI is InChI=1S/C19H23N3O3/c1-21-10-8-14(11-18(21)23)19(24)20-15-5-4-9-22(13-15)16-6-3-7-17(12-16)25-2/h3,6-8,10-12,15H,4-5,9,13H2,1-2H3,(H,20,24). The van der Waals surface area contributed by atoms with E-state index in [4.69, 9.17) is 4.74 Å². The Bertz CT molecular complexity index is 816. The third-order valence-corrected chi connectivity index (χ3v) is 4.54. The van der Waals surface area contributed by atoms with Crippen molar-refractivity contribution in [1.29, 1.82) is 0 Å². The average Bonchev–Trinajstić information content (AvgIpc) is 2.64. The van der Waals surface area contributed by atoms with E-state index in [9.17, 15) is 9.59 Å². The van der Waals surface area contributed by atoms with Crippen molar-refractivity contribution >= 4 is 11.6 Å². The molecular weight excluding hydrogens is 318 g/mol. The molecule has 0 radical (unpaired) electrons. The number of amides is 1. The number of nitrogens with zero attached hydrogens (tertiary/aromatic N) is 2. The first-order valence-electron chi connectivity index (χ1n) is 8.43. The molecule has 1 fully saturated rings. The summed E-state index contributed by atoms with van der Waals surface area (Å²) in [4.78, 5) is 26.4. The van der Waals surface area contributed by atoms with Crippen molar-refractivity contribution < 1.29 is 9.53 Å². The summed E-state index contributed by atoms with van der Waals surface area (Å²) in [6.45, 7) is 1.69. The van der Waals surface area contributed by atoms with Gasteiger partial charge in [0, 0.05) is 55.8 Å². The molecule has 0 bridgehead atoms. The molecule has 1 aliphatic rings. The maximum Gasteiger partial charge on any atom is 0.251 e. The lowest BCUT2D eigenvalue weighted by Crippen LogP contribution is -2.48.